The predicted octanol–water partition coefficient (Wildman–Crippen LogP) is 0.858. The first kappa shape index (κ1) is 29.0. The number of halogens is 3. The van der Waals surface area contributed by atoms with Gasteiger partial charge in [-0.05, 0) is 43.2 Å². The number of hydrogen-bond acceptors (Lipinski definition) is 5. The first-order valence-electron chi connectivity index (χ1n) is 11.2. The Bertz CT molecular complexity index is 969. The molecular weight excluding hydrogens is 490 g/mol. The molecule has 35 heavy (non-hydrogen) atoms. The number of amides is 1. The van der Waals surface area contributed by atoms with E-state index >= 15 is 0 Å². The van der Waals surface area contributed by atoms with Gasteiger partial charge < -0.3 is 20.7 Å². The molecule has 0 aliphatic carbocycles. The fourth-order valence-corrected chi connectivity index (χ4v) is 3.99. The molecule has 1 amide bonds. The van der Waals surface area contributed by atoms with Crippen LogP contribution < -0.4 is 26.9 Å². The van der Waals surface area contributed by atoms with Gasteiger partial charge in [0, 0.05) is 37.0 Å². The molecule has 0 bridgehead atoms. The number of hydrogen-bond donors (Lipinski definition) is 2. The minimum absolute atomic E-state index is 0.0564. The number of nitrogens with two attached hydrogens (primary N) is 1. The predicted molar refractivity (Wildman–Crippen MR) is 141 cm³/mol. The SMILES string of the molecule is [B]c1cc(N(CCCl)CCCl)cc([B])c1CC(N)C(=O)NC(Cc1ccc(F)cc1)C(=O)OCC. The van der Waals surface area contributed by atoms with Crippen LogP contribution in [0.15, 0.2) is 36.4 Å². The van der Waals surface area contributed by atoms with Crippen LogP contribution in [-0.2, 0) is 27.2 Å². The first-order chi connectivity index (χ1) is 16.7. The highest BCUT2D eigenvalue weighted by molar-refractivity contribution is 6.40. The fraction of sp³-hybridized carbons (Fsp3) is 0.417. The number of ether oxygens (including phenoxy) is 1. The molecule has 2 unspecified atom stereocenters. The summed E-state index contributed by atoms with van der Waals surface area (Å²) in [7, 11) is 12.5. The molecule has 0 aliphatic rings. The second-order valence-corrected chi connectivity index (χ2v) is 8.68. The second kappa shape index (κ2) is 14.4. The van der Waals surface area contributed by atoms with Crippen LogP contribution in [0.25, 0.3) is 0 Å². The van der Waals surface area contributed by atoms with Crippen molar-refractivity contribution in [3.63, 3.8) is 0 Å². The number of nitrogens with one attached hydrogen (secondary N) is 1. The summed E-state index contributed by atoms with van der Waals surface area (Å²) < 4.78 is 18.3. The van der Waals surface area contributed by atoms with Gasteiger partial charge in [-0.1, -0.05) is 28.6 Å². The monoisotopic (exact) mass is 517 g/mol. The lowest BCUT2D eigenvalue weighted by molar-refractivity contribution is -0.147. The van der Waals surface area contributed by atoms with Crippen molar-refractivity contribution in [1.82, 2.24) is 5.32 Å². The number of nitrogens with zero attached hydrogens (tertiary/aromatic N) is 1. The minimum Gasteiger partial charge on any atom is -0.464 e. The van der Waals surface area contributed by atoms with Crippen LogP contribution in [0, 0.1) is 5.82 Å². The van der Waals surface area contributed by atoms with Gasteiger partial charge in [0.25, 0.3) is 0 Å². The number of alkyl halides is 2. The maximum absolute atomic E-state index is 13.2. The van der Waals surface area contributed by atoms with E-state index in [1.807, 2.05) is 4.90 Å². The molecule has 4 radical (unpaired) electrons. The smallest absolute Gasteiger partial charge is 0.328 e. The van der Waals surface area contributed by atoms with Crippen molar-refractivity contribution in [3.05, 3.63) is 53.3 Å². The van der Waals surface area contributed by atoms with Crippen LogP contribution >= 0.6 is 23.2 Å². The number of benzene rings is 2. The molecule has 184 valence electrons. The molecule has 0 aromatic heterocycles. The Hall–Kier alpha value is -2.22. The van der Waals surface area contributed by atoms with E-state index in [0.717, 1.165) is 5.69 Å². The van der Waals surface area contributed by atoms with Gasteiger partial charge in [0.2, 0.25) is 5.91 Å². The zero-order valence-corrected chi connectivity index (χ0v) is 21.1. The summed E-state index contributed by atoms with van der Waals surface area (Å²) in [6.45, 7) is 2.94. The quantitative estimate of drug-likeness (QED) is 0.234. The Morgan fingerprint density at radius 2 is 1.66 bits per heavy atom. The molecule has 0 heterocycles. The summed E-state index contributed by atoms with van der Waals surface area (Å²) in [5.74, 6) is -0.771. The summed E-state index contributed by atoms with van der Waals surface area (Å²) >= 11 is 11.8. The lowest BCUT2D eigenvalue weighted by Gasteiger charge is -2.26. The van der Waals surface area contributed by atoms with Gasteiger partial charge in [-0.15, -0.1) is 23.2 Å². The number of esters is 1. The summed E-state index contributed by atoms with van der Waals surface area (Å²) in [6.07, 6.45) is 0.175. The molecule has 2 rings (SSSR count). The van der Waals surface area contributed by atoms with E-state index in [1.54, 1.807) is 19.1 Å². The molecule has 0 spiro atoms. The van der Waals surface area contributed by atoms with E-state index < -0.39 is 29.8 Å². The maximum atomic E-state index is 13.2. The zero-order chi connectivity index (χ0) is 26.0. The van der Waals surface area contributed by atoms with Crippen molar-refractivity contribution in [2.24, 2.45) is 5.73 Å². The molecule has 2 aromatic rings. The number of carbonyl (C=O) groups is 2. The van der Waals surface area contributed by atoms with Crippen LogP contribution in [-0.4, -0.2) is 71.1 Å². The van der Waals surface area contributed by atoms with Crippen molar-refractivity contribution in [2.45, 2.75) is 31.8 Å². The van der Waals surface area contributed by atoms with Gasteiger partial charge >= 0.3 is 5.97 Å². The highest BCUT2D eigenvalue weighted by Crippen LogP contribution is 2.14. The summed E-state index contributed by atoms with van der Waals surface area (Å²) in [5.41, 5.74) is 8.86. The lowest BCUT2D eigenvalue weighted by atomic mass is 9.78. The highest BCUT2D eigenvalue weighted by atomic mass is 35.5. The molecule has 2 aromatic carbocycles. The van der Waals surface area contributed by atoms with Gasteiger partial charge in [0.1, 0.15) is 27.6 Å². The highest BCUT2D eigenvalue weighted by Gasteiger charge is 2.26. The average molecular weight is 518 g/mol. The third kappa shape index (κ3) is 8.74. The Balaban J connectivity index is 2.15. The van der Waals surface area contributed by atoms with E-state index in [1.165, 1.54) is 24.3 Å². The van der Waals surface area contributed by atoms with Crippen LogP contribution in [0.2, 0.25) is 0 Å². The largest absolute Gasteiger partial charge is 0.464 e. The number of rotatable bonds is 13. The van der Waals surface area contributed by atoms with Crippen LogP contribution in [0.4, 0.5) is 10.1 Å². The fourth-order valence-electron chi connectivity index (χ4n) is 3.58. The molecule has 2 atom stereocenters. The van der Waals surface area contributed by atoms with E-state index in [0.29, 0.717) is 46.9 Å². The van der Waals surface area contributed by atoms with Crippen LogP contribution in [0.5, 0.6) is 0 Å². The van der Waals surface area contributed by atoms with Crippen molar-refractivity contribution in [3.8, 4) is 0 Å². The first-order valence-corrected chi connectivity index (χ1v) is 12.3. The van der Waals surface area contributed by atoms with Crippen LogP contribution in [0.3, 0.4) is 0 Å². The zero-order valence-electron chi connectivity index (χ0n) is 19.6. The van der Waals surface area contributed by atoms with E-state index in [2.05, 4.69) is 5.32 Å². The molecule has 6 nitrogen and oxygen atoms in total. The summed E-state index contributed by atoms with van der Waals surface area (Å²) in [6, 6.07) is 7.09. The Labute approximate surface area is 218 Å². The van der Waals surface area contributed by atoms with Gasteiger partial charge in [-0.25, -0.2) is 9.18 Å². The molecular formula is C24H28B2Cl2FN3O3. The van der Waals surface area contributed by atoms with Crippen molar-refractivity contribution < 1.29 is 18.7 Å². The Morgan fingerprint density at radius 3 is 2.17 bits per heavy atom. The molecule has 3 N–H and O–H groups in total. The summed E-state index contributed by atoms with van der Waals surface area (Å²) in [4.78, 5) is 27.2. The third-order valence-electron chi connectivity index (χ3n) is 5.38. The molecule has 0 saturated carbocycles. The van der Waals surface area contributed by atoms with E-state index in [-0.39, 0.29) is 19.4 Å². The molecule has 0 aliphatic heterocycles. The van der Waals surface area contributed by atoms with Gasteiger partial charge in [0.15, 0.2) is 0 Å². The van der Waals surface area contributed by atoms with Gasteiger partial charge in [0.05, 0.1) is 12.6 Å². The third-order valence-corrected chi connectivity index (χ3v) is 5.72. The summed E-state index contributed by atoms with van der Waals surface area (Å²) in [5, 5.41) is 2.64. The molecule has 0 saturated heterocycles. The Morgan fingerprint density at radius 1 is 1.09 bits per heavy atom. The van der Waals surface area contributed by atoms with Crippen LogP contribution in [0.1, 0.15) is 18.1 Å². The topological polar surface area (TPSA) is 84.7 Å². The van der Waals surface area contributed by atoms with Crippen molar-refractivity contribution in [1.29, 1.82) is 0 Å². The number of carbonyl (C=O) groups excluding carboxylic acids is 2. The molecule has 0 fully saturated rings. The standard InChI is InChI=1S/C24H28B2Cl2FN3O3/c1-2-35-24(34)22(11-15-3-5-16(29)6-4-15)31-23(33)21(30)14-18-19(25)12-17(13-20(18)26)32(9-7-27)10-8-28/h3-6,12-13,21-22H,2,7-11,14,30H2,1H3,(H,31,33). The lowest BCUT2D eigenvalue weighted by Crippen LogP contribution is -2.51. The van der Waals surface area contributed by atoms with Gasteiger partial charge in [-0.2, -0.15) is 0 Å². The van der Waals surface area contributed by atoms with Gasteiger partial charge in [-0.3, -0.25) is 4.79 Å². The van der Waals surface area contributed by atoms with E-state index in [9.17, 15) is 14.0 Å². The minimum atomic E-state index is -1.03. The maximum Gasteiger partial charge on any atom is 0.328 e. The Kier molecular flexibility index (Phi) is 11.9. The molecule has 11 heteroatoms. The average Bonchev–Trinajstić information content (AvgIpc) is 2.82. The van der Waals surface area contributed by atoms with E-state index in [4.69, 9.17) is 49.4 Å². The normalized spacial score (nSPS) is 12.6. The second-order valence-electron chi connectivity index (χ2n) is 7.92. The van der Waals surface area contributed by atoms with Crippen molar-refractivity contribution in [2.75, 3.05) is 36.4 Å². The number of anilines is 1. The van der Waals surface area contributed by atoms with Crippen molar-refractivity contribution >= 4 is 67.4 Å².